The molecule has 29 heavy (non-hydrogen) atoms. The van der Waals surface area contributed by atoms with E-state index in [-0.39, 0.29) is 12.0 Å². The number of benzene rings is 2. The Kier molecular flexibility index (Phi) is 6.36. The average molecular weight is 398 g/mol. The van der Waals surface area contributed by atoms with Crippen LogP contribution >= 0.6 is 0 Å². The Labute approximate surface area is 173 Å². The summed E-state index contributed by atoms with van der Waals surface area (Å²) in [5, 5.41) is 2.84. The van der Waals surface area contributed by atoms with Gasteiger partial charge in [0.2, 0.25) is 0 Å². The highest BCUT2D eigenvalue weighted by molar-refractivity contribution is 5.67. The van der Waals surface area contributed by atoms with Gasteiger partial charge in [0.25, 0.3) is 0 Å². The molecule has 1 aliphatic carbocycles. The molecule has 0 radical (unpaired) electrons. The summed E-state index contributed by atoms with van der Waals surface area (Å²) < 4.78 is 17.1. The Bertz CT molecular complexity index is 831. The van der Waals surface area contributed by atoms with Crippen LogP contribution in [0.1, 0.15) is 50.3 Å². The number of fused-ring (bicyclic) bond motifs is 1. The SMILES string of the molecule is COc1ccc(C(C)CNC(=O)OC(C)(C)C)cc1OC1Cc2ccccc2C1. The first-order chi connectivity index (χ1) is 13.7. The van der Waals surface area contributed by atoms with Crippen molar-refractivity contribution in [2.75, 3.05) is 13.7 Å². The van der Waals surface area contributed by atoms with Crippen LogP contribution in [0.2, 0.25) is 0 Å². The topological polar surface area (TPSA) is 56.8 Å². The Balaban J connectivity index is 1.65. The number of rotatable bonds is 6. The van der Waals surface area contributed by atoms with E-state index in [1.54, 1.807) is 7.11 Å². The van der Waals surface area contributed by atoms with Crippen LogP contribution in [-0.2, 0) is 17.6 Å². The molecule has 1 atom stereocenters. The molecule has 1 N–H and O–H groups in total. The summed E-state index contributed by atoms with van der Waals surface area (Å²) in [6.07, 6.45) is 1.50. The van der Waals surface area contributed by atoms with Crippen LogP contribution in [0.4, 0.5) is 4.79 Å². The van der Waals surface area contributed by atoms with E-state index in [0.717, 1.165) is 29.9 Å². The first-order valence-corrected chi connectivity index (χ1v) is 10.1. The summed E-state index contributed by atoms with van der Waals surface area (Å²) in [7, 11) is 1.65. The van der Waals surface area contributed by atoms with Gasteiger partial charge in [-0.05, 0) is 55.5 Å². The minimum atomic E-state index is -0.507. The summed E-state index contributed by atoms with van der Waals surface area (Å²) in [4.78, 5) is 11.9. The fraction of sp³-hybridized carbons (Fsp3) is 0.458. The minimum absolute atomic E-state index is 0.103. The lowest BCUT2D eigenvalue weighted by Gasteiger charge is -2.21. The van der Waals surface area contributed by atoms with Gasteiger partial charge in [-0.2, -0.15) is 0 Å². The van der Waals surface area contributed by atoms with E-state index in [1.165, 1.54) is 11.1 Å². The highest BCUT2D eigenvalue weighted by Crippen LogP contribution is 2.34. The molecule has 1 aliphatic rings. The third kappa shape index (κ3) is 5.66. The predicted octanol–water partition coefficient (Wildman–Crippen LogP) is 4.87. The largest absolute Gasteiger partial charge is 0.493 e. The van der Waals surface area contributed by atoms with Gasteiger partial charge in [0, 0.05) is 19.4 Å². The molecule has 0 saturated carbocycles. The molecule has 1 unspecified atom stereocenters. The molecule has 2 aromatic rings. The van der Waals surface area contributed by atoms with Gasteiger partial charge < -0.3 is 19.5 Å². The summed E-state index contributed by atoms with van der Waals surface area (Å²) >= 11 is 0. The molecular weight excluding hydrogens is 366 g/mol. The second-order valence-corrected chi connectivity index (χ2v) is 8.61. The van der Waals surface area contributed by atoms with E-state index in [2.05, 4.69) is 36.5 Å². The van der Waals surface area contributed by atoms with E-state index in [1.807, 2.05) is 39.0 Å². The third-order valence-corrected chi connectivity index (χ3v) is 5.02. The highest BCUT2D eigenvalue weighted by Gasteiger charge is 2.24. The number of hydrogen-bond acceptors (Lipinski definition) is 4. The normalized spacial score (nSPS) is 14.8. The molecular formula is C24H31NO4. The van der Waals surface area contributed by atoms with E-state index in [0.29, 0.717) is 6.54 Å². The molecule has 5 heteroatoms. The van der Waals surface area contributed by atoms with E-state index < -0.39 is 11.7 Å². The number of carbonyl (C=O) groups excluding carboxylic acids is 1. The zero-order chi connectivity index (χ0) is 21.0. The van der Waals surface area contributed by atoms with Crippen LogP contribution in [-0.4, -0.2) is 31.5 Å². The number of alkyl carbamates (subject to hydrolysis) is 1. The number of hydrogen-bond donors (Lipinski definition) is 1. The monoisotopic (exact) mass is 397 g/mol. The van der Waals surface area contributed by atoms with Gasteiger partial charge in [-0.1, -0.05) is 37.3 Å². The number of methoxy groups -OCH3 is 1. The molecule has 0 spiro atoms. The van der Waals surface area contributed by atoms with Crippen molar-refractivity contribution in [1.29, 1.82) is 0 Å². The molecule has 3 rings (SSSR count). The number of carbonyl (C=O) groups is 1. The second-order valence-electron chi connectivity index (χ2n) is 8.61. The fourth-order valence-electron chi connectivity index (χ4n) is 3.54. The molecule has 1 amide bonds. The van der Waals surface area contributed by atoms with E-state index in [4.69, 9.17) is 14.2 Å². The van der Waals surface area contributed by atoms with E-state index in [9.17, 15) is 4.79 Å². The Morgan fingerprint density at radius 3 is 2.34 bits per heavy atom. The average Bonchev–Trinajstić information content (AvgIpc) is 3.07. The van der Waals surface area contributed by atoms with Crippen LogP contribution in [0, 0.1) is 0 Å². The zero-order valence-electron chi connectivity index (χ0n) is 18.0. The van der Waals surface area contributed by atoms with Gasteiger partial charge in [-0.15, -0.1) is 0 Å². The van der Waals surface area contributed by atoms with Crippen LogP contribution in [0.5, 0.6) is 11.5 Å². The zero-order valence-corrected chi connectivity index (χ0v) is 18.0. The van der Waals surface area contributed by atoms with Crippen LogP contribution in [0.3, 0.4) is 0 Å². The van der Waals surface area contributed by atoms with Crippen molar-refractivity contribution in [2.24, 2.45) is 0 Å². The highest BCUT2D eigenvalue weighted by atomic mass is 16.6. The van der Waals surface area contributed by atoms with Crippen LogP contribution < -0.4 is 14.8 Å². The summed E-state index contributed by atoms with van der Waals surface area (Å²) in [5.74, 6) is 1.57. The minimum Gasteiger partial charge on any atom is -0.493 e. The van der Waals surface area contributed by atoms with Crippen LogP contribution in [0.25, 0.3) is 0 Å². The standard InChI is InChI=1S/C24H31NO4/c1-16(15-25-23(26)29-24(2,3)4)17-10-11-21(27-5)22(14-17)28-20-12-18-8-6-7-9-19(18)13-20/h6-11,14,16,20H,12-13,15H2,1-5H3,(H,25,26). The first-order valence-electron chi connectivity index (χ1n) is 10.1. The molecule has 0 fully saturated rings. The lowest BCUT2D eigenvalue weighted by molar-refractivity contribution is 0.0525. The van der Waals surface area contributed by atoms with Gasteiger partial charge >= 0.3 is 6.09 Å². The molecule has 156 valence electrons. The summed E-state index contributed by atoms with van der Waals surface area (Å²) in [5.41, 5.74) is 3.27. The molecule has 0 saturated heterocycles. The van der Waals surface area contributed by atoms with Crippen molar-refractivity contribution in [3.63, 3.8) is 0 Å². The van der Waals surface area contributed by atoms with Crippen molar-refractivity contribution in [3.05, 3.63) is 59.2 Å². The second kappa shape index (κ2) is 8.76. The lowest BCUT2D eigenvalue weighted by atomic mass is 10.0. The molecule has 5 nitrogen and oxygen atoms in total. The van der Waals surface area contributed by atoms with Gasteiger partial charge in [-0.25, -0.2) is 4.79 Å². The lowest BCUT2D eigenvalue weighted by Crippen LogP contribution is -2.34. The van der Waals surface area contributed by atoms with Gasteiger partial charge in [-0.3, -0.25) is 0 Å². The van der Waals surface area contributed by atoms with Crippen molar-refractivity contribution in [2.45, 2.75) is 58.2 Å². The molecule has 0 aromatic heterocycles. The first kappa shape index (κ1) is 21.0. The summed E-state index contributed by atoms with van der Waals surface area (Å²) in [6, 6.07) is 14.4. The van der Waals surface area contributed by atoms with Crippen molar-refractivity contribution >= 4 is 6.09 Å². The smallest absolute Gasteiger partial charge is 0.407 e. The Morgan fingerprint density at radius 2 is 1.76 bits per heavy atom. The van der Waals surface area contributed by atoms with Crippen LogP contribution in [0.15, 0.2) is 42.5 Å². The third-order valence-electron chi connectivity index (χ3n) is 5.02. The molecule has 0 heterocycles. The maximum absolute atomic E-state index is 11.9. The van der Waals surface area contributed by atoms with Gasteiger partial charge in [0.15, 0.2) is 11.5 Å². The fourth-order valence-corrected chi connectivity index (χ4v) is 3.54. The van der Waals surface area contributed by atoms with E-state index >= 15 is 0 Å². The number of nitrogens with one attached hydrogen (secondary N) is 1. The molecule has 2 aromatic carbocycles. The number of ether oxygens (including phenoxy) is 3. The van der Waals surface area contributed by atoms with Crippen molar-refractivity contribution in [3.8, 4) is 11.5 Å². The maximum atomic E-state index is 11.9. The Hall–Kier alpha value is -2.69. The van der Waals surface area contributed by atoms with Crippen molar-refractivity contribution in [1.82, 2.24) is 5.32 Å². The van der Waals surface area contributed by atoms with Gasteiger partial charge in [0.05, 0.1) is 7.11 Å². The Morgan fingerprint density at radius 1 is 1.10 bits per heavy atom. The summed E-state index contributed by atoms with van der Waals surface area (Å²) in [6.45, 7) is 8.10. The van der Waals surface area contributed by atoms with Gasteiger partial charge in [0.1, 0.15) is 11.7 Å². The molecule has 0 aliphatic heterocycles. The number of amides is 1. The molecule has 0 bridgehead atoms. The quantitative estimate of drug-likeness (QED) is 0.756. The van der Waals surface area contributed by atoms with Crippen molar-refractivity contribution < 1.29 is 19.0 Å². The maximum Gasteiger partial charge on any atom is 0.407 e. The predicted molar refractivity (Wildman–Crippen MR) is 114 cm³/mol.